The van der Waals surface area contributed by atoms with Gasteiger partial charge >= 0.3 is 0 Å². The predicted molar refractivity (Wildman–Crippen MR) is 51.1 cm³/mol. The van der Waals surface area contributed by atoms with Gasteiger partial charge in [-0.25, -0.2) is 0 Å². The normalized spacial score (nSPS) is 10.4. The van der Waals surface area contributed by atoms with Crippen LogP contribution < -0.4 is 4.74 Å². The van der Waals surface area contributed by atoms with Crippen LogP contribution in [0.1, 0.15) is 13.8 Å². The zero-order chi connectivity index (χ0) is 9.14. The van der Waals surface area contributed by atoms with Crippen LogP contribution in [0, 0.1) is 6.07 Å². The summed E-state index contributed by atoms with van der Waals surface area (Å²) in [6, 6.07) is 6.06. The maximum atomic E-state index is 5.84. The molecule has 3 heteroatoms. The molecule has 1 aromatic rings. The average Bonchev–Trinajstić information content (AvgIpc) is 1.94. The second kappa shape index (κ2) is 4.01. The van der Waals surface area contributed by atoms with Crippen molar-refractivity contribution in [2.45, 2.75) is 20.0 Å². The Morgan fingerprint density at radius 3 is 2.58 bits per heavy atom. The number of ether oxygens (including phenoxy) is 1. The van der Waals surface area contributed by atoms with Crippen molar-refractivity contribution >= 4 is 23.2 Å². The minimum atomic E-state index is 0.108. The summed E-state index contributed by atoms with van der Waals surface area (Å²) >= 11 is 11.5. The lowest BCUT2D eigenvalue weighted by atomic mass is 10.3. The molecular weight excluding hydrogens is 195 g/mol. The summed E-state index contributed by atoms with van der Waals surface area (Å²) in [7, 11) is 0. The molecule has 0 fully saturated rings. The van der Waals surface area contributed by atoms with Crippen LogP contribution in [0.2, 0.25) is 10.0 Å². The summed E-state index contributed by atoms with van der Waals surface area (Å²) in [5.41, 5.74) is 0. The zero-order valence-corrected chi connectivity index (χ0v) is 8.41. The van der Waals surface area contributed by atoms with Gasteiger partial charge in [0.15, 0.2) is 0 Å². The summed E-state index contributed by atoms with van der Waals surface area (Å²) in [5.74, 6) is 0.621. The number of hydrogen-bond acceptors (Lipinski definition) is 1. The second-order valence-corrected chi connectivity index (χ2v) is 3.47. The van der Waals surface area contributed by atoms with Gasteiger partial charge < -0.3 is 4.74 Å². The minimum absolute atomic E-state index is 0.108. The van der Waals surface area contributed by atoms with Crippen molar-refractivity contribution in [1.29, 1.82) is 0 Å². The number of rotatable bonds is 2. The van der Waals surface area contributed by atoms with Crippen LogP contribution in [0.3, 0.4) is 0 Å². The Balaban J connectivity index is 2.86. The third-order valence-electron chi connectivity index (χ3n) is 1.19. The summed E-state index contributed by atoms with van der Waals surface area (Å²) < 4.78 is 5.38. The number of halogens is 2. The molecule has 0 heterocycles. The molecule has 0 atom stereocenters. The first-order valence-electron chi connectivity index (χ1n) is 3.63. The summed E-state index contributed by atoms with van der Waals surface area (Å²) in [6.45, 7) is 3.87. The maximum Gasteiger partial charge on any atom is 0.138 e. The Kier molecular flexibility index (Phi) is 3.24. The van der Waals surface area contributed by atoms with E-state index in [1.807, 2.05) is 13.8 Å². The molecule has 0 N–H and O–H groups in total. The van der Waals surface area contributed by atoms with Crippen LogP contribution in [-0.2, 0) is 0 Å². The number of benzene rings is 1. The van der Waals surface area contributed by atoms with Crippen molar-refractivity contribution in [2.24, 2.45) is 0 Å². The molecule has 12 heavy (non-hydrogen) atoms. The van der Waals surface area contributed by atoms with E-state index in [-0.39, 0.29) is 6.10 Å². The van der Waals surface area contributed by atoms with Gasteiger partial charge in [0.05, 0.1) is 16.1 Å². The monoisotopic (exact) mass is 203 g/mol. The van der Waals surface area contributed by atoms with Crippen LogP contribution in [0.4, 0.5) is 0 Å². The summed E-state index contributed by atoms with van der Waals surface area (Å²) in [4.78, 5) is 0. The molecule has 0 unspecified atom stereocenters. The molecule has 1 radical (unpaired) electrons. The lowest BCUT2D eigenvalue weighted by Crippen LogP contribution is -2.05. The van der Waals surface area contributed by atoms with Crippen molar-refractivity contribution in [3.8, 4) is 5.75 Å². The molecule has 0 saturated carbocycles. The fourth-order valence-electron chi connectivity index (χ4n) is 0.772. The Labute approximate surface area is 82.2 Å². The standard InChI is InChI=1S/C9H9Cl2O/c1-6(2)12-9-4-3-7(10)5-8(9)11/h4-6H,1-2H3. The predicted octanol–water partition coefficient (Wildman–Crippen LogP) is 3.58. The van der Waals surface area contributed by atoms with E-state index in [1.54, 1.807) is 12.1 Å². The summed E-state index contributed by atoms with van der Waals surface area (Å²) in [5, 5.41) is 1.02. The van der Waals surface area contributed by atoms with E-state index in [1.165, 1.54) is 0 Å². The fraction of sp³-hybridized carbons (Fsp3) is 0.333. The van der Waals surface area contributed by atoms with Gasteiger partial charge in [-0.15, -0.1) is 0 Å². The molecule has 0 spiro atoms. The Morgan fingerprint density at radius 2 is 2.08 bits per heavy atom. The molecule has 0 amide bonds. The highest BCUT2D eigenvalue weighted by Crippen LogP contribution is 2.27. The van der Waals surface area contributed by atoms with Crippen molar-refractivity contribution in [3.63, 3.8) is 0 Å². The number of hydrogen-bond donors (Lipinski definition) is 0. The maximum absolute atomic E-state index is 5.84. The van der Waals surface area contributed by atoms with E-state index in [4.69, 9.17) is 27.9 Å². The molecule has 1 aromatic carbocycles. The Hall–Kier alpha value is -0.400. The van der Waals surface area contributed by atoms with Gasteiger partial charge in [-0.2, -0.15) is 0 Å². The van der Waals surface area contributed by atoms with Crippen LogP contribution in [0.15, 0.2) is 12.1 Å². The zero-order valence-electron chi connectivity index (χ0n) is 6.90. The van der Waals surface area contributed by atoms with E-state index in [0.717, 1.165) is 0 Å². The van der Waals surface area contributed by atoms with Gasteiger partial charge in [0, 0.05) is 6.07 Å². The van der Waals surface area contributed by atoms with Gasteiger partial charge in [0.1, 0.15) is 5.75 Å². The molecule has 0 aliphatic heterocycles. The highest BCUT2D eigenvalue weighted by Gasteiger charge is 2.03. The smallest absolute Gasteiger partial charge is 0.138 e. The first-order chi connectivity index (χ1) is 5.59. The minimum Gasteiger partial charge on any atom is -0.489 e. The molecule has 0 aromatic heterocycles. The van der Waals surface area contributed by atoms with Crippen LogP contribution in [-0.4, -0.2) is 6.10 Å². The van der Waals surface area contributed by atoms with E-state index >= 15 is 0 Å². The molecular formula is C9H9Cl2O. The molecule has 0 aliphatic carbocycles. The van der Waals surface area contributed by atoms with E-state index in [9.17, 15) is 0 Å². The van der Waals surface area contributed by atoms with Crippen molar-refractivity contribution in [3.05, 3.63) is 28.2 Å². The third kappa shape index (κ3) is 2.58. The van der Waals surface area contributed by atoms with Crippen molar-refractivity contribution in [2.75, 3.05) is 0 Å². The van der Waals surface area contributed by atoms with E-state index in [0.29, 0.717) is 15.8 Å². The third-order valence-corrected chi connectivity index (χ3v) is 1.71. The highest BCUT2D eigenvalue weighted by molar-refractivity contribution is 6.35. The van der Waals surface area contributed by atoms with Gasteiger partial charge in [-0.1, -0.05) is 23.2 Å². The van der Waals surface area contributed by atoms with Gasteiger partial charge in [-0.05, 0) is 26.0 Å². The second-order valence-electron chi connectivity index (χ2n) is 2.66. The van der Waals surface area contributed by atoms with Gasteiger partial charge in [0.2, 0.25) is 0 Å². The fourth-order valence-corrected chi connectivity index (χ4v) is 1.20. The lowest BCUT2D eigenvalue weighted by Gasteiger charge is -2.10. The molecule has 0 aliphatic rings. The van der Waals surface area contributed by atoms with Crippen molar-refractivity contribution in [1.82, 2.24) is 0 Å². The molecule has 65 valence electrons. The molecule has 1 rings (SSSR count). The Bertz CT molecular complexity index is 271. The van der Waals surface area contributed by atoms with Crippen LogP contribution in [0.25, 0.3) is 0 Å². The first kappa shape index (κ1) is 9.69. The van der Waals surface area contributed by atoms with Crippen molar-refractivity contribution < 1.29 is 4.74 Å². The summed E-state index contributed by atoms with van der Waals surface area (Å²) in [6.07, 6.45) is 0.108. The van der Waals surface area contributed by atoms with Crippen LogP contribution >= 0.6 is 23.2 Å². The first-order valence-corrected chi connectivity index (χ1v) is 4.38. The van der Waals surface area contributed by atoms with Gasteiger partial charge in [-0.3, -0.25) is 0 Å². The molecule has 1 nitrogen and oxygen atoms in total. The topological polar surface area (TPSA) is 9.23 Å². The van der Waals surface area contributed by atoms with Crippen LogP contribution in [0.5, 0.6) is 5.75 Å². The lowest BCUT2D eigenvalue weighted by molar-refractivity contribution is 0.242. The average molecular weight is 204 g/mol. The molecule has 0 bridgehead atoms. The van der Waals surface area contributed by atoms with E-state index < -0.39 is 0 Å². The SMILES string of the molecule is CC(C)Oc1c[c]c(Cl)cc1Cl. The highest BCUT2D eigenvalue weighted by atomic mass is 35.5. The Morgan fingerprint density at radius 1 is 1.42 bits per heavy atom. The molecule has 0 saturated heterocycles. The largest absolute Gasteiger partial charge is 0.489 e. The van der Waals surface area contributed by atoms with E-state index in [2.05, 4.69) is 6.07 Å². The quantitative estimate of drug-likeness (QED) is 0.715. The van der Waals surface area contributed by atoms with Gasteiger partial charge in [0.25, 0.3) is 0 Å².